The van der Waals surface area contributed by atoms with Crippen LogP contribution in [0, 0.1) is 5.92 Å². The predicted molar refractivity (Wildman–Crippen MR) is 170 cm³/mol. The van der Waals surface area contributed by atoms with E-state index < -0.39 is 35.6 Å². The van der Waals surface area contributed by atoms with Gasteiger partial charge in [0.15, 0.2) is 11.6 Å². The fraction of sp³-hybridized carbons (Fsp3) is 0.333. The van der Waals surface area contributed by atoms with Gasteiger partial charge in [-0.2, -0.15) is 0 Å². The number of ether oxygens (including phenoxy) is 2. The van der Waals surface area contributed by atoms with Crippen LogP contribution in [0.5, 0.6) is 0 Å². The Morgan fingerprint density at radius 2 is 1.56 bits per heavy atom. The van der Waals surface area contributed by atoms with Crippen LogP contribution in [-0.4, -0.2) is 52.8 Å². The zero-order chi connectivity index (χ0) is 31.8. The first-order valence-corrected chi connectivity index (χ1v) is 15.3. The van der Waals surface area contributed by atoms with E-state index in [1.165, 1.54) is 0 Å². The third kappa shape index (κ3) is 8.45. The van der Waals surface area contributed by atoms with Gasteiger partial charge in [-0.15, -0.1) is 0 Å². The van der Waals surface area contributed by atoms with Crippen molar-refractivity contribution in [2.24, 2.45) is 5.92 Å². The minimum Gasteiger partial charge on any atom is -0.445 e. The average Bonchev–Trinajstić information content (AvgIpc) is 3.69. The molecule has 9 heteroatoms. The molecule has 1 saturated heterocycles. The number of rotatable bonds is 15. The highest BCUT2D eigenvalue weighted by atomic mass is 16.6. The number of ketones is 2. The van der Waals surface area contributed by atoms with Crippen LogP contribution in [0.2, 0.25) is 0 Å². The van der Waals surface area contributed by atoms with Crippen LogP contribution in [-0.2, 0) is 43.3 Å². The Hall–Kier alpha value is -4.76. The van der Waals surface area contributed by atoms with Gasteiger partial charge in [0.25, 0.3) is 0 Å². The first-order chi connectivity index (χ1) is 21.7. The van der Waals surface area contributed by atoms with Gasteiger partial charge < -0.3 is 25.1 Å². The second kappa shape index (κ2) is 14.3. The number of H-pyrrole nitrogens is 1. The van der Waals surface area contributed by atoms with Gasteiger partial charge in [-0.25, -0.2) is 4.79 Å². The Labute approximate surface area is 262 Å². The normalized spacial score (nSPS) is 17.6. The number of fused-ring (bicyclic) bond motifs is 1. The van der Waals surface area contributed by atoms with Gasteiger partial charge in [0, 0.05) is 29.4 Å². The Morgan fingerprint density at radius 3 is 2.24 bits per heavy atom. The molecule has 2 heterocycles. The van der Waals surface area contributed by atoms with Gasteiger partial charge in [-0.05, 0) is 55.9 Å². The highest BCUT2D eigenvalue weighted by Crippen LogP contribution is 2.30. The lowest BCUT2D eigenvalue weighted by molar-refractivity contribution is -0.134. The van der Waals surface area contributed by atoms with Crippen LogP contribution in [0.4, 0.5) is 4.79 Å². The molecule has 4 atom stereocenters. The molecule has 0 saturated carbocycles. The molecule has 45 heavy (non-hydrogen) atoms. The van der Waals surface area contributed by atoms with Crippen LogP contribution >= 0.6 is 0 Å². The molecule has 3 N–H and O–H groups in total. The molecule has 0 unspecified atom stereocenters. The summed E-state index contributed by atoms with van der Waals surface area (Å²) in [5.41, 5.74) is 2.75. The molecule has 9 nitrogen and oxygen atoms in total. The van der Waals surface area contributed by atoms with E-state index in [4.69, 9.17) is 9.47 Å². The quantitative estimate of drug-likeness (QED) is 0.161. The molecule has 2 amide bonds. The predicted octanol–water partition coefficient (Wildman–Crippen LogP) is 5.08. The summed E-state index contributed by atoms with van der Waals surface area (Å²) >= 11 is 0. The van der Waals surface area contributed by atoms with Gasteiger partial charge in [-0.3, -0.25) is 14.4 Å². The van der Waals surface area contributed by atoms with Crippen LogP contribution < -0.4 is 10.6 Å². The molecule has 0 spiro atoms. The van der Waals surface area contributed by atoms with E-state index in [0.29, 0.717) is 19.4 Å². The number of epoxide rings is 1. The van der Waals surface area contributed by atoms with E-state index in [9.17, 15) is 19.2 Å². The number of hydrogen-bond acceptors (Lipinski definition) is 6. The Bertz CT molecular complexity index is 1630. The van der Waals surface area contributed by atoms with E-state index in [1.54, 1.807) is 13.8 Å². The van der Waals surface area contributed by atoms with Gasteiger partial charge in [0.1, 0.15) is 12.2 Å². The van der Waals surface area contributed by atoms with Crippen molar-refractivity contribution >= 4 is 34.5 Å². The molecule has 1 fully saturated rings. The van der Waals surface area contributed by atoms with Crippen molar-refractivity contribution in [3.05, 3.63) is 108 Å². The third-order valence-corrected chi connectivity index (χ3v) is 8.29. The van der Waals surface area contributed by atoms with Crippen molar-refractivity contribution in [3.63, 3.8) is 0 Å². The number of carbonyl (C=O) groups excluding carboxylic acids is 4. The summed E-state index contributed by atoms with van der Waals surface area (Å²) in [7, 11) is 0. The fourth-order valence-corrected chi connectivity index (χ4v) is 5.40. The second-order valence-electron chi connectivity index (χ2n) is 11.8. The van der Waals surface area contributed by atoms with E-state index in [1.807, 2.05) is 91.1 Å². The van der Waals surface area contributed by atoms with Crippen LogP contribution in [0.3, 0.4) is 0 Å². The van der Waals surface area contributed by atoms with Gasteiger partial charge in [-0.1, -0.05) is 78.9 Å². The molecule has 234 valence electrons. The lowest BCUT2D eigenvalue weighted by atomic mass is 9.89. The summed E-state index contributed by atoms with van der Waals surface area (Å²) in [6.07, 6.45) is 2.23. The smallest absolute Gasteiger partial charge is 0.408 e. The molecule has 1 aliphatic heterocycles. The third-order valence-electron chi connectivity index (χ3n) is 8.29. The summed E-state index contributed by atoms with van der Waals surface area (Å²) in [5.74, 6) is -1.69. The maximum Gasteiger partial charge on any atom is 0.408 e. The summed E-state index contributed by atoms with van der Waals surface area (Å²) in [6, 6.07) is 25.1. The van der Waals surface area contributed by atoms with Crippen molar-refractivity contribution in [3.8, 4) is 0 Å². The lowest BCUT2D eigenvalue weighted by Gasteiger charge is -2.24. The average molecular weight is 610 g/mol. The maximum atomic E-state index is 13.9. The van der Waals surface area contributed by atoms with Crippen molar-refractivity contribution < 1.29 is 28.7 Å². The van der Waals surface area contributed by atoms with Crippen molar-refractivity contribution in [2.45, 2.75) is 63.8 Å². The first kappa shape index (κ1) is 31.7. The summed E-state index contributed by atoms with van der Waals surface area (Å²) in [6.45, 7) is 3.68. The zero-order valence-electron chi connectivity index (χ0n) is 25.6. The number of benzene rings is 3. The molecule has 0 radical (unpaired) electrons. The van der Waals surface area contributed by atoms with Crippen molar-refractivity contribution in [2.75, 3.05) is 6.61 Å². The minimum absolute atomic E-state index is 0.0697. The number of nitrogens with one attached hydrogen (secondary N) is 3. The standard InChI is InChI=1S/C36H39N3O6/c1-24(38-35(43)44-22-26-13-7-4-8-14-26)32(40)20-27(19-28-21-37-30-16-10-9-15-29(28)30)34(42)39-31(33(41)36(2)23-45-36)18-17-25-11-5-3-6-12-25/h3-16,21,24,27,31,37H,17-20,22-23H2,1-2H3,(H,38,43)(H,39,42)/t24-,27+,31-,36+/m0/s1. The van der Waals surface area contributed by atoms with Crippen LogP contribution in [0.1, 0.15) is 43.4 Å². The number of alkyl carbamates (subject to hydrolysis) is 1. The van der Waals surface area contributed by atoms with E-state index in [-0.39, 0.29) is 31.0 Å². The number of aromatic amines is 1. The highest BCUT2D eigenvalue weighted by molar-refractivity contribution is 5.98. The van der Waals surface area contributed by atoms with Crippen LogP contribution in [0.15, 0.2) is 91.1 Å². The highest BCUT2D eigenvalue weighted by Gasteiger charge is 2.50. The number of hydrogen-bond donors (Lipinski definition) is 3. The molecular formula is C36H39N3O6. The number of amides is 2. The minimum atomic E-state index is -0.921. The molecule has 4 aromatic rings. The second-order valence-corrected chi connectivity index (χ2v) is 11.8. The topological polar surface area (TPSA) is 130 Å². The molecule has 3 aromatic carbocycles. The monoisotopic (exact) mass is 609 g/mol. The molecule has 0 bridgehead atoms. The maximum absolute atomic E-state index is 13.9. The number of para-hydroxylation sites is 1. The molecule has 1 aromatic heterocycles. The number of Topliss-reactive ketones (excluding diaryl/α,β-unsaturated/α-hetero) is 2. The van der Waals surface area contributed by atoms with E-state index in [0.717, 1.165) is 27.6 Å². The first-order valence-electron chi connectivity index (χ1n) is 15.3. The van der Waals surface area contributed by atoms with Crippen LogP contribution in [0.25, 0.3) is 10.9 Å². The van der Waals surface area contributed by atoms with Gasteiger partial charge >= 0.3 is 6.09 Å². The number of aromatic nitrogens is 1. The SMILES string of the molecule is C[C@H](NC(=O)OCc1ccccc1)C(=O)C[C@@H](Cc1c[nH]c2ccccc12)C(=O)N[C@@H](CCc1ccccc1)C(=O)[C@@]1(C)CO1. The summed E-state index contributed by atoms with van der Waals surface area (Å²) in [5, 5.41) is 6.52. The Morgan fingerprint density at radius 1 is 0.911 bits per heavy atom. The van der Waals surface area contributed by atoms with E-state index >= 15 is 0 Å². The Kier molecular flexibility index (Phi) is 10.1. The van der Waals surface area contributed by atoms with Gasteiger partial charge in [0.2, 0.25) is 5.91 Å². The largest absolute Gasteiger partial charge is 0.445 e. The fourth-order valence-electron chi connectivity index (χ4n) is 5.40. The molecule has 5 rings (SSSR count). The molecular weight excluding hydrogens is 570 g/mol. The lowest BCUT2D eigenvalue weighted by Crippen LogP contribution is -2.49. The number of carbonyl (C=O) groups is 4. The molecule has 0 aliphatic carbocycles. The van der Waals surface area contributed by atoms with Crippen molar-refractivity contribution in [1.29, 1.82) is 0 Å². The number of aryl methyl sites for hydroxylation is 1. The summed E-state index contributed by atoms with van der Waals surface area (Å²) in [4.78, 5) is 56.5. The van der Waals surface area contributed by atoms with Gasteiger partial charge in [0.05, 0.1) is 18.7 Å². The molecule has 1 aliphatic rings. The zero-order valence-corrected chi connectivity index (χ0v) is 25.6. The van der Waals surface area contributed by atoms with Crippen molar-refractivity contribution in [1.82, 2.24) is 15.6 Å². The summed E-state index contributed by atoms with van der Waals surface area (Å²) < 4.78 is 10.7. The Balaban J connectivity index is 1.29. The van der Waals surface area contributed by atoms with E-state index in [2.05, 4.69) is 15.6 Å².